The van der Waals surface area contributed by atoms with Gasteiger partial charge in [-0.2, -0.15) is 0 Å². The van der Waals surface area contributed by atoms with Crippen LogP contribution >= 0.6 is 23.7 Å². The van der Waals surface area contributed by atoms with E-state index in [2.05, 4.69) is 18.0 Å². The topological polar surface area (TPSA) is 50.2 Å². The zero-order valence-corrected chi connectivity index (χ0v) is 13.5. The molecule has 0 aliphatic heterocycles. The molecule has 0 saturated carbocycles. The minimum absolute atomic E-state index is 0. The van der Waals surface area contributed by atoms with Crippen LogP contribution in [-0.4, -0.2) is 16.1 Å². The molecule has 2 aromatic heterocycles. The lowest BCUT2D eigenvalue weighted by Crippen LogP contribution is -2.21. The van der Waals surface area contributed by atoms with Crippen LogP contribution in [0.1, 0.15) is 32.9 Å². The summed E-state index contributed by atoms with van der Waals surface area (Å²) in [5, 5.41) is 9.17. The quantitative estimate of drug-likeness (QED) is 0.938. The van der Waals surface area contributed by atoms with E-state index < -0.39 is 5.97 Å². The molecular weight excluding hydrogens is 306 g/mol. The largest absolute Gasteiger partial charge is 0.481 e. The summed E-state index contributed by atoms with van der Waals surface area (Å²) in [4.78, 5) is 17.9. The molecular formula is C16H18ClNO2S. The molecule has 0 spiro atoms. The Hall–Kier alpha value is -1.39. The van der Waals surface area contributed by atoms with E-state index >= 15 is 0 Å². The van der Waals surface area contributed by atoms with Crippen molar-refractivity contribution < 1.29 is 9.90 Å². The van der Waals surface area contributed by atoms with Crippen LogP contribution in [-0.2, 0) is 24.1 Å². The highest BCUT2D eigenvalue weighted by Gasteiger charge is 2.27. The third kappa shape index (κ3) is 3.27. The summed E-state index contributed by atoms with van der Waals surface area (Å²) in [5.74, 6) is -0.859. The van der Waals surface area contributed by atoms with E-state index in [0.29, 0.717) is 6.42 Å². The number of halogens is 1. The fourth-order valence-electron chi connectivity index (χ4n) is 2.87. The van der Waals surface area contributed by atoms with Crippen LogP contribution in [0.3, 0.4) is 0 Å². The molecule has 2 aromatic rings. The molecule has 0 aromatic carbocycles. The average Bonchev–Trinajstić information content (AvgIpc) is 2.76. The smallest absolute Gasteiger partial charge is 0.306 e. The second kappa shape index (κ2) is 6.58. The molecule has 0 bridgehead atoms. The van der Waals surface area contributed by atoms with E-state index in [1.54, 1.807) is 17.5 Å². The van der Waals surface area contributed by atoms with Crippen LogP contribution in [0.25, 0.3) is 0 Å². The molecule has 0 saturated heterocycles. The standard InChI is InChI=1S/C16H17NO2S.ClH/c1-10-13-5-4-12(16(18)19)8-15(13)20-14(10)7-11-3-2-6-17-9-11;/h2-3,6,9,12H,4-5,7-8H2,1H3,(H,18,19);1H. The molecule has 1 N–H and O–H groups in total. The molecule has 1 unspecified atom stereocenters. The number of rotatable bonds is 3. The third-order valence-corrected chi connectivity index (χ3v) is 5.42. The zero-order valence-electron chi connectivity index (χ0n) is 11.8. The van der Waals surface area contributed by atoms with Crippen molar-refractivity contribution in [2.45, 2.75) is 32.6 Å². The second-order valence-electron chi connectivity index (χ2n) is 5.37. The highest BCUT2D eigenvalue weighted by Crippen LogP contribution is 2.37. The number of fused-ring (bicyclic) bond motifs is 1. The summed E-state index contributed by atoms with van der Waals surface area (Å²) in [5.41, 5.74) is 3.97. The van der Waals surface area contributed by atoms with Gasteiger partial charge in [-0.3, -0.25) is 9.78 Å². The Kier molecular flexibility index (Phi) is 5.01. The van der Waals surface area contributed by atoms with Gasteiger partial charge in [0.25, 0.3) is 0 Å². The van der Waals surface area contributed by atoms with E-state index in [0.717, 1.165) is 19.3 Å². The maximum atomic E-state index is 11.1. The number of hydrogen-bond donors (Lipinski definition) is 1. The van der Waals surface area contributed by atoms with Crippen molar-refractivity contribution in [3.63, 3.8) is 0 Å². The highest BCUT2D eigenvalue weighted by molar-refractivity contribution is 7.12. The van der Waals surface area contributed by atoms with Gasteiger partial charge in [0, 0.05) is 28.6 Å². The van der Waals surface area contributed by atoms with E-state index in [9.17, 15) is 9.90 Å². The van der Waals surface area contributed by atoms with E-state index in [1.807, 2.05) is 12.3 Å². The van der Waals surface area contributed by atoms with Gasteiger partial charge in [-0.05, 0) is 48.9 Å². The Balaban J connectivity index is 0.00000161. The summed E-state index contributed by atoms with van der Waals surface area (Å²) in [7, 11) is 0. The molecule has 0 amide bonds. The van der Waals surface area contributed by atoms with Crippen molar-refractivity contribution in [3.05, 3.63) is 51.0 Å². The molecule has 1 aliphatic rings. The lowest BCUT2D eigenvalue weighted by atomic mass is 9.87. The molecule has 1 atom stereocenters. The lowest BCUT2D eigenvalue weighted by molar-refractivity contribution is -0.142. The number of aromatic nitrogens is 1. The van der Waals surface area contributed by atoms with E-state index in [4.69, 9.17) is 0 Å². The Labute approximate surface area is 134 Å². The predicted molar refractivity (Wildman–Crippen MR) is 86.5 cm³/mol. The van der Waals surface area contributed by atoms with Gasteiger partial charge in [0.05, 0.1) is 5.92 Å². The number of carbonyl (C=O) groups is 1. The van der Waals surface area contributed by atoms with Crippen LogP contribution in [0.4, 0.5) is 0 Å². The van der Waals surface area contributed by atoms with Gasteiger partial charge < -0.3 is 5.11 Å². The Morgan fingerprint density at radius 3 is 3.00 bits per heavy atom. The van der Waals surface area contributed by atoms with Gasteiger partial charge in [0.15, 0.2) is 0 Å². The molecule has 1 aliphatic carbocycles. The molecule has 3 rings (SSSR count). The van der Waals surface area contributed by atoms with Crippen molar-refractivity contribution >= 4 is 29.7 Å². The summed E-state index contributed by atoms with van der Waals surface area (Å²) < 4.78 is 0. The Morgan fingerprint density at radius 2 is 2.33 bits per heavy atom. The number of nitrogens with zero attached hydrogens (tertiary/aromatic N) is 1. The first-order valence-electron chi connectivity index (χ1n) is 6.87. The average molecular weight is 324 g/mol. The summed E-state index contributed by atoms with van der Waals surface area (Å²) >= 11 is 1.79. The van der Waals surface area contributed by atoms with Gasteiger partial charge in [-0.15, -0.1) is 23.7 Å². The van der Waals surface area contributed by atoms with Crippen LogP contribution in [0.2, 0.25) is 0 Å². The number of aliphatic carboxylic acids is 1. The summed E-state index contributed by atoms with van der Waals surface area (Å²) in [6.45, 7) is 2.17. The van der Waals surface area contributed by atoms with E-state index in [-0.39, 0.29) is 18.3 Å². The third-order valence-electron chi connectivity index (χ3n) is 4.07. The Morgan fingerprint density at radius 1 is 1.52 bits per heavy atom. The van der Waals surface area contributed by atoms with Crippen molar-refractivity contribution in [3.8, 4) is 0 Å². The minimum Gasteiger partial charge on any atom is -0.481 e. The second-order valence-corrected chi connectivity index (χ2v) is 6.56. The van der Waals surface area contributed by atoms with Crippen LogP contribution in [0, 0.1) is 12.8 Å². The Bertz CT molecular complexity index is 639. The molecule has 0 fully saturated rings. The number of carboxylic acid groups (broad SMARTS) is 1. The predicted octanol–water partition coefficient (Wildman–Crippen LogP) is 3.65. The van der Waals surface area contributed by atoms with Crippen molar-refractivity contribution in [1.82, 2.24) is 4.98 Å². The normalized spacial score (nSPS) is 16.9. The molecule has 21 heavy (non-hydrogen) atoms. The first-order chi connectivity index (χ1) is 9.65. The van der Waals surface area contributed by atoms with E-state index in [1.165, 1.54) is 26.4 Å². The van der Waals surface area contributed by atoms with Crippen LogP contribution < -0.4 is 0 Å². The molecule has 2 heterocycles. The first kappa shape index (κ1) is 16.0. The van der Waals surface area contributed by atoms with Gasteiger partial charge >= 0.3 is 5.97 Å². The molecule has 112 valence electrons. The maximum absolute atomic E-state index is 11.1. The SMILES string of the molecule is Cc1c(Cc2cccnc2)sc2c1CCC(C(=O)O)C2.Cl. The molecule has 3 nitrogen and oxygen atoms in total. The van der Waals surface area contributed by atoms with Crippen molar-refractivity contribution in [2.24, 2.45) is 5.92 Å². The zero-order chi connectivity index (χ0) is 14.1. The molecule has 5 heteroatoms. The monoisotopic (exact) mass is 323 g/mol. The summed E-state index contributed by atoms with van der Waals surface area (Å²) in [6.07, 6.45) is 6.96. The number of hydrogen-bond acceptors (Lipinski definition) is 3. The van der Waals surface area contributed by atoms with Crippen molar-refractivity contribution in [2.75, 3.05) is 0 Å². The van der Waals surface area contributed by atoms with Crippen molar-refractivity contribution in [1.29, 1.82) is 0 Å². The minimum atomic E-state index is -0.657. The van der Waals surface area contributed by atoms with Gasteiger partial charge in [0.1, 0.15) is 0 Å². The number of carboxylic acids is 1. The van der Waals surface area contributed by atoms with Gasteiger partial charge in [0.2, 0.25) is 0 Å². The maximum Gasteiger partial charge on any atom is 0.306 e. The lowest BCUT2D eigenvalue weighted by Gasteiger charge is -2.18. The van der Waals surface area contributed by atoms with Gasteiger partial charge in [-0.1, -0.05) is 6.07 Å². The van der Waals surface area contributed by atoms with Crippen LogP contribution in [0.5, 0.6) is 0 Å². The van der Waals surface area contributed by atoms with Crippen LogP contribution in [0.15, 0.2) is 24.5 Å². The number of thiophene rings is 1. The first-order valence-corrected chi connectivity index (χ1v) is 7.68. The fraction of sp³-hybridized carbons (Fsp3) is 0.375. The highest BCUT2D eigenvalue weighted by atomic mass is 35.5. The molecule has 0 radical (unpaired) electrons. The van der Waals surface area contributed by atoms with Gasteiger partial charge in [-0.25, -0.2) is 0 Å². The fourth-order valence-corrected chi connectivity index (χ4v) is 4.34. The summed E-state index contributed by atoms with van der Waals surface area (Å²) in [6, 6.07) is 4.05. The number of pyridine rings is 1.